The number of hydrogen-bond donors (Lipinski definition) is 1. The van der Waals surface area contributed by atoms with E-state index in [-0.39, 0.29) is 24.7 Å². The summed E-state index contributed by atoms with van der Waals surface area (Å²) < 4.78 is 27.7. The van der Waals surface area contributed by atoms with Gasteiger partial charge in [-0.25, -0.2) is 8.42 Å². The highest BCUT2D eigenvalue weighted by Crippen LogP contribution is 2.13. The summed E-state index contributed by atoms with van der Waals surface area (Å²) >= 11 is 0. The second kappa shape index (κ2) is 5.86. The van der Waals surface area contributed by atoms with Crippen LogP contribution in [0.1, 0.15) is 12.5 Å². The van der Waals surface area contributed by atoms with Gasteiger partial charge in [0.15, 0.2) is 9.84 Å². The highest BCUT2D eigenvalue weighted by atomic mass is 32.2. The summed E-state index contributed by atoms with van der Waals surface area (Å²) in [5, 5.41) is 8.90. The molecule has 0 atom stereocenters. The Labute approximate surface area is 95.8 Å². The lowest BCUT2D eigenvalue weighted by Crippen LogP contribution is -2.15. The largest absolute Gasteiger partial charge is 0.493 e. The highest BCUT2D eigenvalue weighted by molar-refractivity contribution is 7.91. The molecular formula is C11H16O4S. The van der Waals surface area contributed by atoms with E-state index in [2.05, 4.69) is 0 Å². The lowest BCUT2D eigenvalue weighted by Gasteiger charge is -2.07. The molecule has 0 spiro atoms. The van der Waals surface area contributed by atoms with Crippen molar-refractivity contribution < 1.29 is 18.3 Å². The minimum Gasteiger partial charge on any atom is -0.493 e. The molecule has 1 N–H and O–H groups in total. The highest BCUT2D eigenvalue weighted by Gasteiger charge is 2.07. The van der Waals surface area contributed by atoms with Gasteiger partial charge in [0.25, 0.3) is 0 Å². The molecule has 0 aliphatic rings. The van der Waals surface area contributed by atoms with Crippen LogP contribution in [0.25, 0.3) is 0 Å². The Hall–Kier alpha value is -1.07. The van der Waals surface area contributed by atoms with Gasteiger partial charge in [-0.15, -0.1) is 0 Å². The number of hydrogen-bond acceptors (Lipinski definition) is 4. The van der Waals surface area contributed by atoms with E-state index in [0.717, 1.165) is 5.56 Å². The average molecular weight is 244 g/mol. The van der Waals surface area contributed by atoms with Gasteiger partial charge in [0.05, 0.1) is 12.4 Å². The molecule has 16 heavy (non-hydrogen) atoms. The first kappa shape index (κ1) is 13.0. The molecule has 0 bridgehead atoms. The van der Waals surface area contributed by atoms with Crippen LogP contribution in [0, 0.1) is 0 Å². The lowest BCUT2D eigenvalue weighted by molar-refractivity contribution is 0.280. The van der Waals surface area contributed by atoms with E-state index >= 15 is 0 Å². The third-order valence-corrected chi connectivity index (χ3v) is 3.85. The molecule has 5 heteroatoms. The van der Waals surface area contributed by atoms with Crippen molar-refractivity contribution in [1.82, 2.24) is 0 Å². The summed E-state index contributed by atoms with van der Waals surface area (Å²) in [6.07, 6.45) is 0. The SMILES string of the molecule is CCS(=O)(=O)CCOc1cccc(CO)c1. The standard InChI is InChI=1S/C11H16O4S/c1-2-16(13,14)7-6-15-11-5-3-4-10(8-11)9-12/h3-5,8,12H,2,6-7,9H2,1H3. The number of ether oxygens (including phenoxy) is 1. The minimum atomic E-state index is -2.98. The molecule has 0 fully saturated rings. The van der Waals surface area contributed by atoms with Crippen molar-refractivity contribution in [1.29, 1.82) is 0 Å². The Morgan fingerprint density at radius 2 is 2.12 bits per heavy atom. The van der Waals surface area contributed by atoms with Crippen LogP contribution in [0.4, 0.5) is 0 Å². The predicted octanol–water partition coefficient (Wildman–Crippen LogP) is 0.992. The van der Waals surface area contributed by atoms with Crippen LogP contribution in [0.15, 0.2) is 24.3 Å². The lowest BCUT2D eigenvalue weighted by atomic mass is 10.2. The Kier molecular flexibility index (Phi) is 4.76. The molecule has 0 heterocycles. The third kappa shape index (κ3) is 4.20. The fraction of sp³-hybridized carbons (Fsp3) is 0.455. The number of aliphatic hydroxyl groups is 1. The van der Waals surface area contributed by atoms with E-state index in [1.165, 1.54) is 0 Å². The molecule has 1 aromatic rings. The van der Waals surface area contributed by atoms with Gasteiger partial charge in [-0.1, -0.05) is 19.1 Å². The number of benzene rings is 1. The van der Waals surface area contributed by atoms with E-state index in [9.17, 15) is 8.42 Å². The van der Waals surface area contributed by atoms with E-state index in [1.54, 1.807) is 31.2 Å². The molecule has 0 saturated heterocycles. The van der Waals surface area contributed by atoms with Gasteiger partial charge >= 0.3 is 0 Å². The Balaban J connectivity index is 2.49. The molecule has 90 valence electrons. The third-order valence-electron chi connectivity index (χ3n) is 2.18. The summed E-state index contributed by atoms with van der Waals surface area (Å²) in [5.74, 6) is 0.734. The van der Waals surface area contributed by atoms with Crippen molar-refractivity contribution in [3.8, 4) is 5.75 Å². The zero-order valence-electron chi connectivity index (χ0n) is 9.22. The molecule has 0 saturated carbocycles. The first-order valence-electron chi connectivity index (χ1n) is 5.10. The van der Waals surface area contributed by atoms with Crippen molar-refractivity contribution in [2.24, 2.45) is 0 Å². The van der Waals surface area contributed by atoms with E-state index < -0.39 is 9.84 Å². The van der Waals surface area contributed by atoms with Crippen molar-refractivity contribution in [3.05, 3.63) is 29.8 Å². The van der Waals surface area contributed by atoms with E-state index in [0.29, 0.717) is 5.75 Å². The van der Waals surface area contributed by atoms with Gasteiger partial charge in [0, 0.05) is 5.75 Å². The zero-order valence-corrected chi connectivity index (χ0v) is 10.0. The maximum atomic E-state index is 11.2. The number of aliphatic hydroxyl groups excluding tert-OH is 1. The maximum absolute atomic E-state index is 11.2. The first-order chi connectivity index (χ1) is 7.57. The van der Waals surface area contributed by atoms with Crippen LogP contribution in [0.3, 0.4) is 0 Å². The van der Waals surface area contributed by atoms with Crippen LogP contribution >= 0.6 is 0 Å². The van der Waals surface area contributed by atoms with Crippen molar-refractivity contribution in [2.75, 3.05) is 18.1 Å². The fourth-order valence-electron chi connectivity index (χ4n) is 1.16. The van der Waals surface area contributed by atoms with E-state index in [4.69, 9.17) is 9.84 Å². The fourth-order valence-corrected chi connectivity index (χ4v) is 1.79. The Morgan fingerprint density at radius 1 is 1.38 bits per heavy atom. The topological polar surface area (TPSA) is 63.6 Å². The van der Waals surface area contributed by atoms with Gasteiger partial charge < -0.3 is 9.84 Å². The second-order valence-corrected chi connectivity index (χ2v) is 5.86. The monoisotopic (exact) mass is 244 g/mol. The minimum absolute atomic E-state index is 0.0207. The van der Waals surface area contributed by atoms with Crippen LogP contribution in [0.2, 0.25) is 0 Å². The summed E-state index contributed by atoms with van der Waals surface area (Å²) in [6.45, 7) is 1.71. The molecule has 0 unspecified atom stereocenters. The van der Waals surface area contributed by atoms with Crippen molar-refractivity contribution in [2.45, 2.75) is 13.5 Å². The Morgan fingerprint density at radius 3 is 2.75 bits per heavy atom. The Bertz CT molecular complexity index is 425. The molecule has 0 radical (unpaired) electrons. The van der Waals surface area contributed by atoms with Crippen molar-refractivity contribution >= 4 is 9.84 Å². The average Bonchev–Trinajstić information content (AvgIpc) is 2.29. The first-order valence-corrected chi connectivity index (χ1v) is 6.92. The van der Waals surface area contributed by atoms with Gasteiger partial charge in [0.1, 0.15) is 12.4 Å². The van der Waals surface area contributed by atoms with Crippen LogP contribution < -0.4 is 4.74 Å². The predicted molar refractivity (Wildman–Crippen MR) is 62.2 cm³/mol. The molecule has 0 aliphatic heterocycles. The molecule has 0 aliphatic carbocycles. The molecule has 4 nitrogen and oxygen atoms in total. The van der Waals surface area contributed by atoms with Gasteiger partial charge in [-0.3, -0.25) is 0 Å². The van der Waals surface area contributed by atoms with Gasteiger partial charge in [-0.2, -0.15) is 0 Å². The second-order valence-electron chi connectivity index (χ2n) is 3.39. The van der Waals surface area contributed by atoms with Crippen LogP contribution in [-0.4, -0.2) is 31.6 Å². The summed E-state index contributed by atoms with van der Waals surface area (Å²) in [7, 11) is -2.98. The van der Waals surface area contributed by atoms with Crippen LogP contribution in [0.5, 0.6) is 5.75 Å². The summed E-state index contributed by atoms with van der Waals surface area (Å²) in [6, 6.07) is 6.96. The maximum Gasteiger partial charge on any atom is 0.153 e. The quantitative estimate of drug-likeness (QED) is 0.810. The summed E-state index contributed by atoms with van der Waals surface area (Å²) in [5.41, 5.74) is 0.746. The van der Waals surface area contributed by atoms with E-state index in [1.807, 2.05) is 0 Å². The van der Waals surface area contributed by atoms with Crippen molar-refractivity contribution in [3.63, 3.8) is 0 Å². The van der Waals surface area contributed by atoms with Gasteiger partial charge in [0.2, 0.25) is 0 Å². The molecule has 1 aromatic carbocycles. The molecule has 0 aromatic heterocycles. The smallest absolute Gasteiger partial charge is 0.153 e. The zero-order chi connectivity index (χ0) is 12.0. The molecule has 1 rings (SSSR count). The number of rotatable bonds is 6. The molecular weight excluding hydrogens is 228 g/mol. The summed E-state index contributed by atoms with van der Waals surface area (Å²) in [4.78, 5) is 0. The number of sulfone groups is 1. The normalized spacial score (nSPS) is 11.4. The molecule has 0 amide bonds. The van der Waals surface area contributed by atoms with Gasteiger partial charge in [-0.05, 0) is 17.7 Å². The van der Waals surface area contributed by atoms with Crippen LogP contribution in [-0.2, 0) is 16.4 Å².